The maximum atomic E-state index is 12.2. The summed E-state index contributed by atoms with van der Waals surface area (Å²) in [6.07, 6.45) is 2.18. The van der Waals surface area contributed by atoms with Crippen molar-refractivity contribution in [3.8, 4) is 0 Å². The van der Waals surface area contributed by atoms with Gasteiger partial charge >= 0.3 is 0 Å². The molecule has 1 aliphatic heterocycles. The Kier molecular flexibility index (Phi) is 3.45. The maximum absolute atomic E-state index is 12.2. The lowest BCUT2D eigenvalue weighted by molar-refractivity contribution is -0.130. The van der Waals surface area contributed by atoms with Crippen LogP contribution in [0, 0.1) is 0 Å². The summed E-state index contributed by atoms with van der Waals surface area (Å²) in [5, 5.41) is 11.1. The number of anilines is 1. The van der Waals surface area contributed by atoms with Crippen molar-refractivity contribution in [2.24, 2.45) is 0 Å². The molecule has 0 aliphatic carbocycles. The van der Waals surface area contributed by atoms with E-state index in [-0.39, 0.29) is 11.9 Å². The summed E-state index contributed by atoms with van der Waals surface area (Å²) in [4.78, 5) is 18.5. The molecule has 2 heterocycles. The Balaban J connectivity index is 1.73. The molecule has 0 radical (unpaired) electrons. The lowest BCUT2D eigenvalue weighted by Gasteiger charge is -2.20. The van der Waals surface area contributed by atoms with Crippen molar-refractivity contribution in [3.63, 3.8) is 0 Å². The van der Waals surface area contributed by atoms with Crippen LogP contribution < -0.4 is 5.32 Å². The fourth-order valence-electron chi connectivity index (χ4n) is 2.41. The Hall–Kier alpha value is -2.24. The first-order chi connectivity index (χ1) is 9.74. The quantitative estimate of drug-likeness (QED) is 0.914. The maximum Gasteiger partial charge on any atom is 0.244 e. The van der Waals surface area contributed by atoms with Gasteiger partial charge in [-0.05, 0) is 31.9 Å². The van der Waals surface area contributed by atoms with Crippen LogP contribution in [0.25, 0.3) is 11.0 Å². The molecule has 1 aromatic heterocycles. The number of rotatable bonds is 3. The van der Waals surface area contributed by atoms with Gasteiger partial charge in [-0.1, -0.05) is 12.1 Å². The van der Waals surface area contributed by atoms with E-state index >= 15 is 0 Å². The minimum Gasteiger partial charge on any atom is -0.341 e. The average Bonchev–Trinajstić information content (AvgIpc) is 3.00. The first kappa shape index (κ1) is 12.8. The molecule has 1 aromatic carbocycles. The van der Waals surface area contributed by atoms with Gasteiger partial charge in [-0.25, -0.2) is 4.98 Å². The van der Waals surface area contributed by atoms with Crippen LogP contribution >= 0.6 is 0 Å². The molecule has 1 atom stereocenters. The van der Waals surface area contributed by atoms with Crippen LogP contribution in [0.15, 0.2) is 24.3 Å². The van der Waals surface area contributed by atoms with Gasteiger partial charge in [0.05, 0.1) is 5.52 Å². The van der Waals surface area contributed by atoms with Crippen LogP contribution in [-0.4, -0.2) is 45.1 Å². The highest BCUT2D eigenvalue weighted by molar-refractivity contribution is 5.84. The third kappa shape index (κ3) is 2.54. The smallest absolute Gasteiger partial charge is 0.244 e. The summed E-state index contributed by atoms with van der Waals surface area (Å²) in [5.41, 5.74) is 1.52. The fraction of sp³-hybridized carbons (Fsp3) is 0.429. The van der Waals surface area contributed by atoms with Gasteiger partial charge in [-0.3, -0.25) is 4.79 Å². The Morgan fingerprint density at radius 1 is 1.20 bits per heavy atom. The molecular weight excluding hydrogens is 254 g/mol. The number of para-hydroxylation sites is 1. The van der Waals surface area contributed by atoms with Crippen LogP contribution in [0.5, 0.6) is 0 Å². The normalized spacial score (nSPS) is 16.4. The molecule has 1 saturated heterocycles. The Bertz CT molecular complexity index is 624. The fourth-order valence-corrected chi connectivity index (χ4v) is 2.41. The largest absolute Gasteiger partial charge is 0.341 e. The number of hydrogen-bond acceptors (Lipinski definition) is 5. The van der Waals surface area contributed by atoms with Gasteiger partial charge < -0.3 is 10.2 Å². The minimum atomic E-state index is -0.337. The Labute approximate surface area is 117 Å². The van der Waals surface area contributed by atoms with Crippen molar-refractivity contribution < 1.29 is 4.79 Å². The molecule has 3 rings (SSSR count). The third-order valence-corrected chi connectivity index (χ3v) is 3.49. The molecule has 1 fully saturated rings. The van der Waals surface area contributed by atoms with Gasteiger partial charge in [0.25, 0.3) is 0 Å². The second-order valence-corrected chi connectivity index (χ2v) is 5.02. The molecule has 6 nitrogen and oxygen atoms in total. The van der Waals surface area contributed by atoms with E-state index in [1.54, 1.807) is 0 Å². The van der Waals surface area contributed by atoms with Gasteiger partial charge in [-0.15, -0.1) is 10.2 Å². The molecule has 1 N–H and O–H groups in total. The van der Waals surface area contributed by atoms with Gasteiger partial charge in [0.2, 0.25) is 11.9 Å². The number of benzene rings is 1. The van der Waals surface area contributed by atoms with Crippen LogP contribution in [0.3, 0.4) is 0 Å². The first-order valence-electron chi connectivity index (χ1n) is 6.89. The zero-order valence-corrected chi connectivity index (χ0v) is 11.4. The second-order valence-electron chi connectivity index (χ2n) is 5.02. The van der Waals surface area contributed by atoms with Crippen LogP contribution in [0.1, 0.15) is 19.8 Å². The van der Waals surface area contributed by atoms with E-state index in [9.17, 15) is 4.79 Å². The molecule has 0 bridgehead atoms. The highest BCUT2D eigenvalue weighted by atomic mass is 16.2. The van der Waals surface area contributed by atoms with Crippen molar-refractivity contribution in [2.75, 3.05) is 18.4 Å². The zero-order valence-electron chi connectivity index (χ0n) is 11.4. The molecule has 0 saturated carbocycles. The van der Waals surface area contributed by atoms with E-state index in [1.165, 1.54) is 0 Å². The molecule has 20 heavy (non-hydrogen) atoms. The standard InChI is InChI=1S/C14H17N5O/c1-10(13(20)19-8-4-5-9-19)15-14-16-11-6-2-3-7-12(11)17-18-14/h2-3,6-7,10H,4-5,8-9H2,1H3,(H,15,16,18). The number of nitrogens with zero attached hydrogens (tertiary/aromatic N) is 4. The predicted octanol–water partition coefficient (Wildman–Crippen LogP) is 1.45. The van der Waals surface area contributed by atoms with E-state index < -0.39 is 0 Å². The van der Waals surface area contributed by atoms with Crippen molar-refractivity contribution in [1.29, 1.82) is 0 Å². The number of fused-ring (bicyclic) bond motifs is 1. The lowest BCUT2D eigenvalue weighted by Crippen LogP contribution is -2.40. The van der Waals surface area contributed by atoms with Crippen molar-refractivity contribution >= 4 is 22.9 Å². The summed E-state index contributed by atoms with van der Waals surface area (Å²) in [6.45, 7) is 3.53. The first-order valence-corrected chi connectivity index (χ1v) is 6.89. The van der Waals surface area contributed by atoms with E-state index in [2.05, 4.69) is 20.5 Å². The highest BCUT2D eigenvalue weighted by Crippen LogP contribution is 2.12. The molecule has 0 spiro atoms. The monoisotopic (exact) mass is 271 g/mol. The number of likely N-dealkylation sites (tertiary alicyclic amines) is 1. The number of amides is 1. The lowest BCUT2D eigenvalue weighted by atomic mass is 10.3. The van der Waals surface area contributed by atoms with Crippen molar-refractivity contribution in [1.82, 2.24) is 20.1 Å². The summed E-state index contributed by atoms with van der Waals surface area (Å²) in [6, 6.07) is 7.20. The summed E-state index contributed by atoms with van der Waals surface area (Å²) < 4.78 is 0. The SMILES string of the molecule is CC(Nc1nnc2ccccc2n1)C(=O)N1CCCC1. The van der Waals surface area contributed by atoms with E-state index in [4.69, 9.17) is 0 Å². The summed E-state index contributed by atoms with van der Waals surface area (Å²) >= 11 is 0. The average molecular weight is 271 g/mol. The number of carbonyl (C=O) groups is 1. The molecule has 6 heteroatoms. The Morgan fingerprint density at radius 2 is 1.90 bits per heavy atom. The molecule has 1 aliphatic rings. The predicted molar refractivity (Wildman–Crippen MR) is 76.2 cm³/mol. The summed E-state index contributed by atoms with van der Waals surface area (Å²) in [5.74, 6) is 0.489. The van der Waals surface area contributed by atoms with Crippen LogP contribution in [0.4, 0.5) is 5.95 Å². The van der Waals surface area contributed by atoms with Crippen molar-refractivity contribution in [3.05, 3.63) is 24.3 Å². The molecule has 2 aromatic rings. The molecule has 1 amide bonds. The number of nitrogens with one attached hydrogen (secondary N) is 1. The van der Waals surface area contributed by atoms with E-state index in [0.29, 0.717) is 5.95 Å². The van der Waals surface area contributed by atoms with Crippen molar-refractivity contribution in [2.45, 2.75) is 25.8 Å². The molecule has 1 unspecified atom stereocenters. The number of carbonyl (C=O) groups excluding carboxylic acids is 1. The number of aromatic nitrogens is 3. The zero-order chi connectivity index (χ0) is 13.9. The summed E-state index contributed by atoms with van der Waals surface area (Å²) in [7, 11) is 0. The van der Waals surface area contributed by atoms with Crippen LogP contribution in [-0.2, 0) is 4.79 Å². The molecule has 104 valence electrons. The van der Waals surface area contributed by atoms with Gasteiger partial charge in [0.1, 0.15) is 11.6 Å². The van der Waals surface area contributed by atoms with Crippen LogP contribution in [0.2, 0.25) is 0 Å². The molecular formula is C14H17N5O. The van der Waals surface area contributed by atoms with Gasteiger partial charge in [0.15, 0.2) is 0 Å². The Morgan fingerprint density at radius 3 is 2.65 bits per heavy atom. The highest BCUT2D eigenvalue weighted by Gasteiger charge is 2.23. The number of hydrogen-bond donors (Lipinski definition) is 1. The topological polar surface area (TPSA) is 71.0 Å². The van der Waals surface area contributed by atoms with Gasteiger partial charge in [0, 0.05) is 13.1 Å². The minimum absolute atomic E-state index is 0.0965. The van der Waals surface area contributed by atoms with E-state index in [0.717, 1.165) is 37.0 Å². The van der Waals surface area contributed by atoms with E-state index in [1.807, 2.05) is 36.1 Å². The third-order valence-electron chi connectivity index (χ3n) is 3.49. The second kappa shape index (κ2) is 5.40. The van der Waals surface area contributed by atoms with Gasteiger partial charge in [-0.2, -0.15) is 0 Å².